The van der Waals surface area contributed by atoms with Gasteiger partial charge in [0.15, 0.2) is 11.6 Å². The maximum absolute atomic E-state index is 14.4. The molecule has 1 saturated heterocycles. The fourth-order valence-electron chi connectivity index (χ4n) is 3.39. The second-order valence-corrected chi connectivity index (χ2v) is 6.77. The highest BCUT2D eigenvalue weighted by atomic mass is 19.1. The zero-order valence-corrected chi connectivity index (χ0v) is 15.2. The predicted molar refractivity (Wildman–Crippen MR) is 102 cm³/mol. The van der Waals surface area contributed by atoms with Gasteiger partial charge in [0.05, 0.1) is 24.6 Å². The highest BCUT2D eigenvalue weighted by Crippen LogP contribution is 2.33. The average molecular weight is 397 g/mol. The number of halogens is 1. The summed E-state index contributed by atoms with van der Waals surface area (Å²) >= 11 is 0. The van der Waals surface area contributed by atoms with Crippen LogP contribution < -0.4 is 15.7 Å². The number of ether oxygens (including phenoxy) is 1. The molecule has 0 unspecified atom stereocenters. The predicted octanol–water partition coefficient (Wildman–Crippen LogP) is 1.39. The van der Waals surface area contributed by atoms with Crippen LogP contribution in [0.15, 0.2) is 24.3 Å². The molecule has 1 amide bonds. The van der Waals surface area contributed by atoms with E-state index in [0.29, 0.717) is 24.3 Å². The van der Waals surface area contributed by atoms with E-state index < -0.39 is 18.8 Å². The topological polar surface area (TPSA) is 135 Å². The average Bonchev–Trinajstić information content (AvgIpc) is 3.12. The monoisotopic (exact) mass is 397 g/mol. The van der Waals surface area contributed by atoms with Crippen molar-refractivity contribution in [2.45, 2.75) is 12.5 Å². The van der Waals surface area contributed by atoms with E-state index in [-0.39, 0.29) is 35.7 Å². The molecule has 2 aromatic rings. The Morgan fingerprint density at radius 1 is 1.52 bits per heavy atom. The first-order valence-corrected chi connectivity index (χ1v) is 8.96. The van der Waals surface area contributed by atoms with Gasteiger partial charge in [-0.3, -0.25) is 9.48 Å². The first kappa shape index (κ1) is 19.0. The number of carbonyl (C=O) groups excluding carboxylic acids is 1. The summed E-state index contributed by atoms with van der Waals surface area (Å²) in [5.74, 6) is -0.262. The molecule has 2 aliphatic rings. The second kappa shape index (κ2) is 7.58. The number of amides is 1. The first-order chi connectivity index (χ1) is 14.0. The third-order valence-corrected chi connectivity index (χ3v) is 4.84. The van der Waals surface area contributed by atoms with E-state index in [4.69, 9.17) is 15.1 Å². The van der Waals surface area contributed by atoms with Gasteiger partial charge in [0.1, 0.15) is 11.3 Å². The lowest BCUT2D eigenvalue weighted by Crippen LogP contribution is -2.29. The molecule has 0 saturated carbocycles. The maximum atomic E-state index is 14.4. The number of hydrogen-bond acceptors (Lipinski definition) is 7. The third kappa shape index (κ3) is 3.67. The Bertz CT molecular complexity index is 1030. The molecule has 29 heavy (non-hydrogen) atoms. The molecular formula is C18H17BFN5O4. The van der Waals surface area contributed by atoms with Crippen molar-refractivity contribution in [3.05, 3.63) is 41.2 Å². The summed E-state index contributed by atoms with van der Waals surface area (Å²) in [6.07, 6.45) is 3.55. The normalized spacial score (nSPS) is 20.5. The number of carbonyl (C=O) groups is 1. The lowest BCUT2D eigenvalue weighted by Gasteiger charge is -2.26. The van der Waals surface area contributed by atoms with Gasteiger partial charge in [-0.15, -0.1) is 0 Å². The summed E-state index contributed by atoms with van der Waals surface area (Å²) in [7, 11) is -1.21. The van der Waals surface area contributed by atoms with Gasteiger partial charge >= 0.3 is 7.12 Å². The van der Waals surface area contributed by atoms with E-state index in [9.17, 15) is 19.5 Å². The molecule has 2 atom stereocenters. The molecule has 11 heteroatoms. The number of nitrogens with two attached hydrogens (primary N) is 1. The lowest BCUT2D eigenvalue weighted by molar-refractivity contribution is 0.0342. The molecule has 4 N–H and O–H groups in total. The van der Waals surface area contributed by atoms with Gasteiger partial charge in [0.25, 0.3) is 5.91 Å². The molecule has 9 nitrogen and oxygen atoms in total. The van der Waals surface area contributed by atoms with Crippen molar-refractivity contribution in [3.63, 3.8) is 0 Å². The lowest BCUT2D eigenvalue weighted by atomic mass is 9.86. The van der Waals surface area contributed by atoms with Crippen molar-refractivity contribution in [2.24, 2.45) is 11.7 Å². The van der Waals surface area contributed by atoms with E-state index in [2.05, 4.69) is 16.5 Å². The van der Waals surface area contributed by atoms with Crippen LogP contribution in [0.3, 0.4) is 0 Å². The quantitative estimate of drug-likeness (QED) is 0.664. The van der Waals surface area contributed by atoms with Gasteiger partial charge in [-0.2, -0.15) is 10.4 Å². The zero-order valence-electron chi connectivity index (χ0n) is 15.2. The minimum Gasteiger partial charge on any atom is -0.530 e. The largest absolute Gasteiger partial charge is 0.552 e. The Morgan fingerprint density at radius 2 is 2.34 bits per heavy atom. The van der Waals surface area contributed by atoms with Crippen molar-refractivity contribution < 1.29 is 23.6 Å². The van der Waals surface area contributed by atoms with Crippen LogP contribution in [0.5, 0.6) is 5.75 Å². The number of benzene rings is 1. The van der Waals surface area contributed by atoms with E-state index in [1.165, 1.54) is 22.9 Å². The van der Waals surface area contributed by atoms with Crippen LogP contribution in [0, 0.1) is 23.1 Å². The molecule has 0 spiro atoms. The summed E-state index contributed by atoms with van der Waals surface area (Å²) in [5.41, 5.74) is 6.31. The summed E-state index contributed by atoms with van der Waals surface area (Å²) in [6, 6.07) is 4.63. The van der Waals surface area contributed by atoms with E-state index in [0.717, 1.165) is 6.07 Å². The fraction of sp³-hybridized carbons (Fsp3) is 0.278. The number of nitrogens with zero attached hydrogens (tertiary/aromatic N) is 3. The Kier molecular flexibility index (Phi) is 4.96. The number of fused-ring (bicyclic) bond motifs is 1. The molecular weight excluding hydrogens is 380 g/mol. The molecule has 4 rings (SSSR count). The Morgan fingerprint density at radius 3 is 3.10 bits per heavy atom. The standard InChI is InChI=1S/C18H17BFN5O4/c20-14-6-12(5-10-1-3-19(27)29-16(10)14)23-18-13(17(22)26)8-25(24-18)15-9-28-4-2-11(15)7-21/h1,3,5-6,8,11,15,27H,2,4,9H2,(H2,22,26)(H,23,24)/t11-,15+/m1/s1. The molecule has 1 aromatic carbocycles. The van der Waals surface area contributed by atoms with Crippen molar-refractivity contribution in [2.75, 3.05) is 18.5 Å². The summed E-state index contributed by atoms with van der Waals surface area (Å²) in [4.78, 5) is 11.9. The van der Waals surface area contributed by atoms with Gasteiger partial charge in [-0.25, -0.2) is 4.39 Å². The molecule has 0 bridgehead atoms. The number of nitriles is 1. The molecule has 0 aliphatic carbocycles. The van der Waals surface area contributed by atoms with Crippen LogP contribution in [-0.2, 0) is 4.74 Å². The highest BCUT2D eigenvalue weighted by Gasteiger charge is 2.30. The van der Waals surface area contributed by atoms with E-state index in [1.54, 1.807) is 6.07 Å². The van der Waals surface area contributed by atoms with Crippen LogP contribution in [0.1, 0.15) is 28.4 Å². The van der Waals surface area contributed by atoms with Gasteiger partial charge < -0.3 is 25.5 Å². The number of anilines is 2. The SMILES string of the molecule is N#C[C@H]1CCOC[C@@H]1n1cc(C(N)=O)c(Nc2cc(F)c3c(c2)C=CB(O)O3)n1. The highest BCUT2D eigenvalue weighted by molar-refractivity contribution is 6.51. The number of primary amides is 1. The first-order valence-electron chi connectivity index (χ1n) is 8.96. The van der Waals surface area contributed by atoms with Crippen LogP contribution in [0.25, 0.3) is 6.08 Å². The Labute approximate surface area is 165 Å². The third-order valence-electron chi connectivity index (χ3n) is 4.84. The van der Waals surface area contributed by atoms with Crippen LogP contribution in [-0.4, -0.2) is 41.0 Å². The number of rotatable bonds is 4. The van der Waals surface area contributed by atoms with Crippen molar-refractivity contribution in [3.8, 4) is 11.8 Å². The summed E-state index contributed by atoms with van der Waals surface area (Å²) < 4.78 is 26.4. The number of aromatic nitrogens is 2. The fourth-order valence-corrected chi connectivity index (χ4v) is 3.39. The summed E-state index contributed by atoms with van der Waals surface area (Å²) in [5, 5.41) is 26.1. The molecule has 1 fully saturated rings. The second-order valence-electron chi connectivity index (χ2n) is 6.77. The van der Waals surface area contributed by atoms with Gasteiger partial charge in [0, 0.05) is 30.1 Å². The Hall–Kier alpha value is -3.36. The molecule has 3 heterocycles. The smallest absolute Gasteiger partial charge is 0.530 e. The van der Waals surface area contributed by atoms with E-state index in [1.807, 2.05) is 0 Å². The number of nitrogens with one attached hydrogen (secondary N) is 1. The summed E-state index contributed by atoms with van der Waals surface area (Å²) in [6.45, 7) is 0.776. The molecule has 0 radical (unpaired) electrons. The molecule has 2 aliphatic heterocycles. The zero-order chi connectivity index (χ0) is 20.5. The van der Waals surface area contributed by atoms with Crippen molar-refractivity contribution in [1.82, 2.24) is 9.78 Å². The molecule has 1 aromatic heterocycles. The van der Waals surface area contributed by atoms with Crippen molar-refractivity contribution in [1.29, 1.82) is 5.26 Å². The Balaban J connectivity index is 1.67. The van der Waals surface area contributed by atoms with Crippen molar-refractivity contribution >= 4 is 30.6 Å². The van der Waals surface area contributed by atoms with Gasteiger partial charge in [0.2, 0.25) is 0 Å². The number of hydrogen-bond donors (Lipinski definition) is 3. The van der Waals surface area contributed by atoms with Crippen LogP contribution >= 0.6 is 0 Å². The molecule has 148 valence electrons. The van der Waals surface area contributed by atoms with Crippen LogP contribution in [0.4, 0.5) is 15.9 Å². The van der Waals surface area contributed by atoms with E-state index >= 15 is 0 Å². The minimum absolute atomic E-state index is 0.0672. The van der Waals surface area contributed by atoms with Gasteiger partial charge in [-0.05, 0) is 18.5 Å². The van der Waals surface area contributed by atoms with Gasteiger partial charge in [-0.1, -0.05) is 6.08 Å². The maximum Gasteiger partial charge on any atom is 0.552 e. The minimum atomic E-state index is -1.21. The van der Waals surface area contributed by atoms with Crippen LogP contribution in [0.2, 0.25) is 0 Å².